The van der Waals surface area contributed by atoms with Crippen molar-refractivity contribution in [1.82, 2.24) is 10.3 Å². The molecular weight excluding hydrogens is 383 g/mol. The lowest BCUT2D eigenvalue weighted by atomic mass is 9.93. The fourth-order valence-corrected chi connectivity index (χ4v) is 2.23. The monoisotopic (exact) mass is 395 g/mol. The summed E-state index contributed by atoms with van der Waals surface area (Å²) >= 11 is 0. The highest BCUT2D eigenvalue weighted by molar-refractivity contribution is 5.98. The van der Waals surface area contributed by atoms with E-state index in [-0.39, 0.29) is 23.4 Å². The molecule has 2 rings (SSSR count). The Hall–Kier alpha value is -2.85. The number of hydrogen-bond donors (Lipinski definition) is 2. The lowest BCUT2D eigenvalue weighted by Crippen LogP contribution is -2.50. The minimum atomic E-state index is -6.18. The van der Waals surface area contributed by atoms with Crippen LogP contribution in [0.4, 0.5) is 36.4 Å². The molecule has 0 spiro atoms. The average molecular weight is 395 g/mol. The minimum absolute atomic E-state index is 0.0860. The Bertz CT molecular complexity index is 802. The van der Waals surface area contributed by atoms with E-state index in [0.717, 1.165) is 12.1 Å². The molecule has 4 nitrogen and oxygen atoms in total. The highest BCUT2D eigenvalue weighted by Gasteiger charge is 2.73. The van der Waals surface area contributed by atoms with E-state index in [4.69, 9.17) is 5.73 Å². The first-order chi connectivity index (χ1) is 12.4. The summed E-state index contributed by atoms with van der Waals surface area (Å²) in [5, 5.41) is 2.39. The van der Waals surface area contributed by atoms with Gasteiger partial charge in [-0.05, 0) is 11.6 Å². The molecule has 0 aliphatic heterocycles. The van der Waals surface area contributed by atoms with Crippen molar-refractivity contribution in [2.75, 3.05) is 5.73 Å². The second-order valence-electron chi connectivity index (χ2n) is 5.50. The highest BCUT2D eigenvalue weighted by atomic mass is 19.4. The molecular formula is C16H12F7N3O. The number of halogens is 7. The molecule has 11 heteroatoms. The van der Waals surface area contributed by atoms with Gasteiger partial charge in [0, 0.05) is 18.3 Å². The number of amides is 1. The number of nitrogens with one attached hydrogen (secondary N) is 1. The number of aromatic nitrogens is 1. The number of anilines is 1. The third-order valence-corrected chi connectivity index (χ3v) is 3.68. The van der Waals surface area contributed by atoms with Gasteiger partial charge in [-0.1, -0.05) is 24.3 Å². The summed E-state index contributed by atoms with van der Waals surface area (Å²) in [5.41, 5.74) is -1.19. The number of rotatable bonds is 4. The van der Waals surface area contributed by atoms with Crippen molar-refractivity contribution < 1.29 is 35.5 Å². The number of carbonyl (C=O) groups is 1. The molecule has 1 aromatic carbocycles. The zero-order valence-electron chi connectivity index (χ0n) is 13.3. The minimum Gasteiger partial charge on any atom is -0.397 e. The molecule has 0 fully saturated rings. The van der Waals surface area contributed by atoms with E-state index in [9.17, 15) is 35.5 Å². The maximum Gasteiger partial charge on any atom is 0.435 e. The molecule has 3 N–H and O–H groups in total. The van der Waals surface area contributed by atoms with E-state index < -0.39 is 29.5 Å². The van der Waals surface area contributed by atoms with Crippen LogP contribution in [0.1, 0.15) is 21.5 Å². The van der Waals surface area contributed by atoms with Gasteiger partial charge in [-0.2, -0.15) is 26.3 Å². The second-order valence-corrected chi connectivity index (χ2v) is 5.50. The van der Waals surface area contributed by atoms with E-state index in [0.29, 0.717) is 12.1 Å². The molecule has 0 aliphatic carbocycles. The summed E-state index contributed by atoms with van der Waals surface area (Å²) < 4.78 is 90.1. The Morgan fingerprint density at radius 1 is 0.963 bits per heavy atom. The largest absolute Gasteiger partial charge is 0.435 e. The number of pyridine rings is 1. The maximum atomic E-state index is 13.9. The van der Waals surface area contributed by atoms with Crippen LogP contribution in [-0.4, -0.2) is 23.2 Å². The van der Waals surface area contributed by atoms with Crippen LogP contribution in [0.15, 0.2) is 42.7 Å². The lowest BCUT2D eigenvalue weighted by Gasteiger charge is -2.30. The molecule has 1 amide bonds. The summed E-state index contributed by atoms with van der Waals surface area (Å²) in [7, 11) is 0. The topological polar surface area (TPSA) is 68.0 Å². The Morgan fingerprint density at radius 2 is 1.52 bits per heavy atom. The predicted octanol–water partition coefficient (Wildman–Crippen LogP) is 3.88. The molecule has 0 bridgehead atoms. The van der Waals surface area contributed by atoms with Gasteiger partial charge >= 0.3 is 18.0 Å². The Labute approximate surface area is 148 Å². The smallest absolute Gasteiger partial charge is 0.397 e. The van der Waals surface area contributed by atoms with Crippen molar-refractivity contribution in [2.24, 2.45) is 0 Å². The summed E-state index contributed by atoms with van der Waals surface area (Å²) in [6.45, 7) is -0.224. The van der Waals surface area contributed by atoms with Gasteiger partial charge < -0.3 is 11.1 Å². The van der Waals surface area contributed by atoms with Gasteiger partial charge in [0.05, 0.1) is 17.4 Å². The first-order valence-corrected chi connectivity index (χ1v) is 7.27. The number of nitrogen functional groups attached to an aromatic ring is 1. The van der Waals surface area contributed by atoms with Crippen molar-refractivity contribution in [3.05, 3.63) is 59.4 Å². The second kappa shape index (κ2) is 7.05. The molecule has 0 unspecified atom stereocenters. The summed E-state index contributed by atoms with van der Waals surface area (Å²) in [5.74, 6) is -0.621. The first kappa shape index (κ1) is 20.5. The van der Waals surface area contributed by atoms with Gasteiger partial charge in [0.15, 0.2) is 0 Å². The van der Waals surface area contributed by atoms with Crippen LogP contribution in [0.25, 0.3) is 0 Å². The standard InChI is InChI=1S/C16H12F7N3O/c17-14(15(18,19)20,16(21,22)23)10-3-1-9(2-4-10)7-26-13(27)11-5-6-25-8-12(11)24/h1-6,8H,7,24H2,(H,26,27). The normalized spacial score (nSPS) is 12.7. The molecule has 0 radical (unpaired) electrons. The van der Waals surface area contributed by atoms with E-state index in [2.05, 4.69) is 10.3 Å². The van der Waals surface area contributed by atoms with E-state index in [1.54, 1.807) is 0 Å². The molecule has 146 valence electrons. The van der Waals surface area contributed by atoms with Crippen LogP contribution < -0.4 is 11.1 Å². The molecule has 27 heavy (non-hydrogen) atoms. The molecule has 1 heterocycles. The summed E-state index contributed by atoms with van der Waals surface area (Å²) in [4.78, 5) is 15.6. The van der Waals surface area contributed by atoms with Gasteiger partial charge in [-0.15, -0.1) is 0 Å². The summed E-state index contributed by atoms with van der Waals surface area (Å²) in [6, 6.07) is 3.80. The lowest BCUT2D eigenvalue weighted by molar-refractivity contribution is -0.348. The number of nitrogens with two attached hydrogens (primary N) is 1. The van der Waals surface area contributed by atoms with Crippen molar-refractivity contribution >= 4 is 11.6 Å². The van der Waals surface area contributed by atoms with Crippen molar-refractivity contribution in [2.45, 2.75) is 24.6 Å². The first-order valence-electron chi connectivity index (χ1n) is 7.27. The average Bonchev–Trinajstić information content (AvgIpc) is 2.58. The zero-order valence-corrected chi connectivity index (χ0v) is 13.3. The number of alkyl halides is 7. The van der Waals surface area contributed by atoms with Gasteiger partial charge in [0.25, 0.3) is 5.91 Å². The van der Waals surface area contributed by atoms with Gasteiger partial charge in [-0.3, -0.25) is 9.78 Å². The zero-order chi connectivity index (χ0) is 20.5. The molecule has 1 aromatic heterocycles. The van der Waals surface area contributed by atoms with Crippen LogP contribution in [0.2, 0.25) is 0 Å². The van der Waals surface area contributed by atoms with Crippen LogP contribution in [0, 0.1) is 0 Å². The SMILES string of the molecule is Nc1cnccc1C(=O)NCc1ccc(C(F)(C(F)(F)F)C(F)(F)F)cc1. The van der Waals surface area contributed by atoms with E-state index in [1.165, 1.54) is 18.5 Å². The Morgan fingerprint density at radius 3 is 2.00 bits per heavy atom. The molecule has 2 aromatic rings. The molecule has 0 saturated heterocycles. The number of nitrogens with zero attached hydrogens (tertiary/aromatic N) is 1. The molecule has 0 aliphatic rings. The van der Waals surface area contributed by atoms with Crippen molar-refractivity contribution in [3.63, 3.8) is 0 Å². The summed E-state index contributed by atoms with van der Waals surface area (Å²) in [6.07, 6.45) is -9.81. The number of hydrogen-bond acceptors (Lipinski definition) is 3. The van der Waals surface area contributed by atoms with Gasteiger partial charge in [0.1, 0.15) is 0 Å². The fraction of sp³-hybridized carbons (Fsp3) is 0.250. The van der Waals surface area contributed by atoms with Crippen LogP contribution in [-0.2, 0) is 12.2 Å². The third kappa shape index (κ3) is 3.96. The molecule has 0 atom stereocenters. The van der Waals surface area contributed by atoms with Gasteiger partial charge in [-0.25, -0.2) is 4.39 Å². The van der Waals surface area contributed by atoms with Gasteiger partial charge in [0.2, 0.25) is 0 Å². The van der Waals surface area contributed by atoms with E-state index in [1.807, 2.05) is 0 Å². The van der Waals surface area contributed by atoms with Crippen molar-refractivity contribution in [3.8, 4) is 0 Å². The van der Waals surface area contributed by atoms with Crippen LogP contribution in [0.5, 0.6) is 0 Å². The van der Waals surface area contributed by atoms with Crippen LogP contribution in [0.3, 0.4) is 0 Å². The van der Waals surface area contributed by atoms with Crippen molar-refractivity contribution in [1.29, 1.82) is 0 Å². The number of carbonyl (C=O) groups excluding carboxylic acids is 1. The quantitative estimate of drug-likeness (QED) is 0.772. The third-order valence-electron chi connectivity index (χ3n) is 3.68. The Kier molecular flexibility index (Phi) is 5.34. The predicted molar refractivity (Wildman–Crippen MR) is 81.2 cm³/mol. The van der Waals surface area contributed by atoms with Crippen LogP contribution >= 0.6 is 0 Å². The fourth-order valence-electron chi connectivity index (χ4n) is 2.23. The number of benzene rings is 1. The molecule has 0 saturated carbocycles. The Balaban J connectivity index is 2.18. The highest BCUT2D eigenvalue weighted by Crippen LogP contribution is 2.53. The van der Waals surface area contributed by atoms with E-state index >= 15 is 0 Å². The maximum absolute atomic E-state index is 13.9.